The quantitative estimate of drug-likeness (QED) is 0.821. The number of likely N-dealkylation sites (tertiary alicyclic amines) is 1. The number of aliphatic hydroxyl groups excluding tert-OH is 1. The lowest BCUT2D eigenvalue weighted by atomic mass is 9.58. The van der Waals surface area contributed by atoms with Crippen molar-refractivity contribution in [3.8, 4) is 0 Å². The second-order valence-corrected chi connectivity index (χ2v) is 6.03. The van der Waals surface area contributed by atoms with Gasteiger partial charge in [-0.2, -0.15) is 0 Å². The van der Waals surface area contributed by atoms with Crippen LogP contribution in [-0.4, -0.2) is 47.8 Å². The van der Waals surface area contributed by atoms with Crippen LogP contribution in [0.5, 0.6) is 0 Å². The fourth-order valence-electron chi connectivity index (χ4n) is 3.55. The average Bonchev–Trinajstić information content (AvgIpc) is 3.22. The summed E-state index contributed by atoms with van der Waals surface area (Å²) >= 11 is 0. The van der Waals surface area contributed by atoms with Crippen LogP contribution in [0.1, 0.15) is 39.0 Å². The number of rotatable bonds is 3. The van der Waals surface area contributed by atoms with E-state index in [9.17, 15) is 9.90 Å². The Labute approximate surface area is 108 Å². The zero-order valence-electron chi connectivity index (χ0n) is 11.1. The van der Waals surface area contributed by atoms with Gasteiger partial charge in [-0.15, -0.1) is 0 Å². The summed E-state index contributed by atoms with van der Waals surface area (Å²) in [6.45, 7) is 4.32. The number of piperidine rings is 1. The number of carbonyl (C=O) groups is 1. The van der Waals surface area contributed by atoms with Gasteiger partial charge in [-0.05, 0) is 32.6 Å². The molecule has 0 aromatic carbocycles. The van der Waals surface area contributed by atoms with E-state index in [1.54, 1.807) is 0 Å². The second kappa shape index (κ2) is 4.49. The highest BCUT2D eigenvalue weighted by atomic mass is 16.5. The molecule has 3 aliphatic rings. The molecule has 2 aliphatic carbocycles. The van der Waals surface area contributed by atoms with Crippen LogP contribution in [0.15, 0.2) is 0 Å². The van der Waals surface area contributed by atoms with E-state index in [4.69, 9.17) is 4.74 Å². The first-order chi connectivity index (χ1) is 8.67. The molecule has 4 nitrogen and oxygen atoms in total. The summed E-state index contributed by atoms with van der Waals surface area (Å²) in [5.74, 6) is 0.652. The van der Waals surface area contributed by atoms with Crippen molar-refractivity contribution in [3.63, 3.8) is 0 Å². The van der Waals surface area contributed by atoms with Crippen molar-refractivity contribution in [2.24, 2.45) is 11.3 Å². The fraction of sp³-hybridized carbons (Fsp3) is 0.929. The van der Waals surface area contributed by atoms with E-state index in [2.05, 4.69) is 0 Å². The lowest BCUT2D eigenvalue weighted by Crippen LogP contribution is -2.62. The first-order valence-corrected chi connectivity index (χ1v) is 7.26. The maximum atomic E-state index is 12.0. The van der Waals surface area contributed by atoms with Crippen LogP contribution in [0.25, 0.3) is 0 Å². The standard InChI is InChI=1S/C14H23NO3/c1-2-18-12-9-11(16)14(12)5-7-15(8-6-14)13(17)10-3-4-10/h10-12,16H,2-9H2,1H3. The molecule has 1 saturated heterocycles. The predicted molar refractivity (Wildman–Crippen MR) is 67.0 cm³/mol. The van der Waals surface area contributed by atoms with Crippen LogP contribution in [-0.2, 0) is 9.53 Å². The van der Waals surface area contributed by atoms with Gasteiger partial charge in [-0.25, -0.2) is 0 Å². The zero-order valence-corrected chi connectivity index (χ0v) is 11.1. The molecule has 1 aliphatic heterocycles. The lowest BCUT2D eigenvalue weighted by Gasteiger charge is -2.56. The van der Waals surface area contributed by atoms with Crippen LogP contribution in [0.4, 0.5) is 0 Å². The van der Waals surface area contributed by atoms with Gasteiger partial charge < -0.3 is 14.7 Å². The third-order valence-electron chi connectivity index (χ3n) is 5.04. The van der Waals surface area contributed by atoms with Crippen LogP contribution in [0, 0.1) is 11.3 Å². The molecule has 0 aromatic heterocycles. The molecule has 0 radical (unpaired) electrons. The number of hydrogen-bond donors (Lipinski definition) is 1. The van der Waals surface area contributed by atoms with E-state index in [1.165, 1.54) is 0 Å². The highest BCUT2D eigenvalue weighted by molar-refractivity contribution is 5.81. The third kappa shape index (κ3) is 1.86. The molecule has 1 spiro atoms. The largest absolute Gasteiger partial charge is 0.392 e. The number of nitrogens with zero attached hydrogens (tertiary/aromatic N) is 1. The smallest absolute Gasteiger partial charge is 0.225 e. The van der Waals surface area contributed by atoms with Crippen LogP contribution < -0.4 is 0 Å². The Morgan fingerprint density at radius 2 is 2.06 bits per heavy atom. The molecular formula is C14H23NO3. The van der Waals surface area contributed by atoms with Gasteiger partial charge in [0.05, 0.1) is 12.2 Å². The van der Waals surface area contributed by atoms with Crippen molar-refractivity contribution in [2.75, 3.05) is 19.7 Å². The van der Waals surface area contributed by atoms with Crippen molar-refractivity contribution in [2.45, 2.75) is 51.2 Å². The lowest BCUT2D eigenvalue weighted by molar-refractivity contribution is -0.210. The first-order valence-electron chi connectivity index (χ1n) is 7.26. The minimum Gasteiger partial charge on any atom is -0.392 e. The third-order valence-corrected chi connectivity index (χ3v) is 5.04. The Kier molecular flexibility index (Phi) is 3.10. The molecule has 1 heterocycles. The van der Waals surface area contributed by atoms with Crippen LogP contribution >= 0.6 is 0 Å². The number of ether oxygens (including phenoxy) is 1. The second-order valence-electron chi connectivity index (χ2n) is 6.03. The molecule has 0 bridgehead atoms. The van der Waals surface area contributed by atoms with E-state index in [1.807, 2.05) is 11.8 Å². The first kappa shape index (κ1) is 12.4. The minimum absolute atomic E-state index is 0.0592. The van der Waals surface area contributed by atoms with Gasteiger partial charge in [-0.1, -0.05) is 0 Å². The molecule has 0 aromatic rings. The summed E-state index contributed by atoms with van der Waals surface area (Å²) in [4.78, 5) is 14.0. The molecule has 3 rings (SSSR count). The van der Waals surface area contributed by atoms with Gasteiger partial charge >= 0.3 is 0 Å². The number of hydrogen-bond acceptors (Lipinski definition) is 3. The van der Waals surface area contributed by atoms with Gasteiger partial charge in [0.2, 0.25) is 5.91 Å². The Balaban J connectivity index is 1.59. The molecule has 102 valence electrons. The Morgan fingerprint density at radius 1 is 1.39 bits per heavy atom. The summed E-state index contributed by atoms with van der Waals surface area (Å²) in [6, 6.07) is 0. The maximum Gasteiger partial charge on any atom is 0.225 e. The molecule has 3 fully saturated rings. The van der Waals surface area contributed by atoms with E-state index < -0.39 is 0 Å². The highest BCUT2D eigenvalue weighted by Gasteiger charge is 2.56. The zero-order chi connectivity index (χ0) is 12.8. The van der Waals surface area contributed by atoms with Crippen molar-refractivity contribution >= 4 is 5.91 Å². The molecule has 2 atom stereocenters. The topological polar surface area (TPSA) is 49.8 Å². The van der Waals surface area contributed by atoms with Gasteiger partial charge in [0.25, 0.3) is 0 Å². The molecule has 1 N–H and O–H groups in total. The van der Waals surface area contributed by atoms with Crippen LogP contribution in [0.2, 0.25) is 0 Å². The van der Waals surface area contributed by atoms with Crippen molar-refractivity contribution in [1.82, 2.24) is 4.90 Å². The van der Waals surface area contributed by atoms with Gasteiger partial charge in [0.1, 0.15) is 0 Å². The highest BCUT2D eigenvalue weighted by Crippen LogP contribution is 2.51. The number of carbonyl (C=O) groups excluding carboxylic acids is 1. The summed E-state index contributed by atoms with van der Waals surface area (Å²) in [6.07, 6.45) is 4.69. The Hall–Kier alpha value is -0.610. The summed E-state index contributed by atoms with van der Waals surface area (Å²) < 4.78 is 5.73. The summed E-state index contributed by atoms with van der Waals surface area (Å²) in [5, 5.41) is 10.1. The summed E-state index contributed by atoms with van der Waals surface area (Å²) in [7, 11) is 0. The molecule has 1 amide bonds. The number of amides is 1. The van der Waals surface area contributed by atoms with Gasteiger partial charge in [-0.3, -0.25) is 4.79 Å². The van der Waals surface area contributed by atoms with Crippen molar-refractivity contribution < 1.29 is 14.6 Å². The van der Waals surface area contributed by atoms with Crippen molar-refractivity contribution in [3.05, 3.63) is 0 Å². The SMILES string of the molecule is CCOC1CC(O)C12CCN(C(=O)C1CC1)CC2. The van der Waals surface area contributed by atoms with Crippen molar-refractivity contribution in [1.29, 1.82) is 0 Å². The molecule has 2 unspecified atom stereocenters. The van der Waals surface area contributed by atoms with Crippen LogP contribution in [0.3, 0.4) is 0 Å². The predicted octanol–water partition coefficient (Wildman–Crippen LogP) is 1.17. The van der Waals surface area contributed by atoms with E-state index >= 15 is 0 Å². The van der Waals surface area contributed by atoms with Gasteiger partial charge in [0.15, 0.2) is 0 Å². The Bertz CT molecular complexity index is 330. The van der Waals surface area contributed by atoms with E-state index in [0.29, 0.717) is 18.4 Å². The van der Waals surface area contributed by atoms with E-state index in [0.717, 1.165) is 45.2 Å². The average molecular weight is 253 g/mol. The maximum absolute atomic E-state index is 12.0. The van der Waals surface area contributed by atoms with E-state index in [-0.39, 0.29) is 17.6 Å². The monoisotopic (exact) mass is 253 g/mol. The summed E-state index contributed by atoms with van der Waals surface area (Å²) in [5.41, 5.74) is -0.0592. The number of aliphatic hydroxyl groups is 1. The fourth-order valence-corrected chi connectivity index (χ4v) is 3.55. The minimum atomic E-state index is -0.229. The Morgan fingerprint density at radius 3 is 2.56 bits per heavy atom. The molecular weight excluding hydrogens is 230 g/mol. The molecule has 2 saturated carbocycles. The van der Waals surface area contributed by atoms with Gasteiger partial charge in [0, 0.05) is 37.5 Å². The normalized spacial score (nSPS) is 34.4. The molecule has 18 heavy (non-hydrogen) atoms. The molecule has 4 heteroatoms.